The number of hydrogen-bond donors (Lipinski definition) is 5. The molecular formula is C43H53NO14. The standard InChI is InChI=1S/C43H53NO14/c1-22-26(55-37(51)32(48)30(24-15-11-9-12-16-24)44-38(52)58-39(3,4)5)20-43(53)35(56-36(50)25-17-13-10-14-18-25)33-41(8,34(49)31(47)29(22)40(43,6)7)27(46)19-28-42(33,21-54-28)57-23(2)45/h9-18,26-28,30-33,35,46-48,53H,19-21H2,1-8H3,(H,44,52)/t26-,27-,28+,30-,31+,32+,33-,35-,41+,42?,43+/m0/s1. The Morgan fingerprint density at radius 2 is 1.55 bits per heavy atom. The first-order chi connectivity index (χ1) is 27.0. The summed E-state index contributed by atoms with van der Waals surface area (Å²) in [5.41, 5.74) is -8.14. The van der Waals surface area contributed by atoms with Gasteiger partial charge in [0.2, 0.25) is 0 Å². The summed E-state index contributed by atoms with van der Waals surface area (Å²) in [6, 6.07) is 14.6. The van der Waals surface area contributed by atoms with Crippen molar-refractivity contribution in [3.05, 3.63) is 82.9 Å². The molecule has 3 aliphatic carbocycles. The molecule has 1 heterocycles. The van der Waals surface area contributed by atoms with Crippen LogP contribution in [0.1, 0.15) is 90.2 Å². The van der Waals surface area contributed by atoms with Gasteiger partial charge >= 0.3 is 24.0 Å². The number of carbonyl (C=O) groups is 5. The number of fused-ring (bicyclic) bond motifs is 5. The summed E-state index contributed by atoms with van der Waals surface area (Å²) < 4.78 is 29.5. The van der Waals surface area contributed by atoms with Gasteiger partial charge in [-0.05, 0) is 63.5 Å². The molecule has 3 fully saturated rings. The molecule has 0 radical (unpaired) electrons. The second kappa shape index (κ2) is 15.2. The van der Waals surface area contributed by atoms with Crippen molar-refractivity contribution < 1.29 is 68.1 Å². The van der Waals surface area contributed by atoms with Gasteiger partial charge in [-0.2, -0.15) is 0 Å². The summed E-state index contributed by atoms with van der Waals surface area (Å²) in [5.74, 6) is -5.36. The smallest absolute Gasteiger partial charge is 0.408 e. The molecule has 4 aliphatic rings. The Morgan fingerprint density at radius 3 is 2.10 bits per heavy atom. The van der Waals surface area contributed by atoms with E-state index < -0.39 is 112 Å². The first kappa shape index (κ1) is 42.9. The number of ketones is 1. The van der Waals surface area contributed by atoms with E-state index >= 15 is 0 Å². The number of amides is 1. The largest absolute Gasteiger partial charge is 0.456 e. The van der Waals surface area contributed by atoms with Crippen molar-refractivity contribution in [2.24, 2.45) is 16.7 Å². The second-order valence-corrected chi connectivity index (χ2v) is 17.6. The van der Waals surface area contributed by atoms with Crippen LogP contribution in [0.15, 0.2) is 71.8 Å². The Hall–Kier alpha value is -4.67. The molecule has 5 N–H and O–H groups in total. The maximum Gasteiger partial charge on any atom is 0.408 e. The minimum absolute atomic E-state index is 0.0637. The molecule has 15 heteroatoms. The van der Waals surface area contributed by atoms with Crippen LogP contribution < -0.4 is 5.32 Å². The molecule has 1 aliphatic heterocycles. The molecule has 0 aromatic heterocycles. The third kappa shape index (κ3) is 7.10. The van der Waals surface area contributed by atoms with E-state index in [1.54, 1.807) is 83.1 Å². The highest BCUT2D eigenvalue weighted by Crippen LogP contribution is 2.64. The summed E-state index contributed by atoms with van der Waals surface area (Å²) >= 11 is 0. The number of carbonyl (C=O) groups excluding carboxylic acids is 5. The maximum absolute atomic E-state index is 14.9. The van der Waals surface area contributed by atoms with Crippen LogP contribution in [0.25, 0.3) is 0 Å². The lowest BCUT2D eigenvalue weighted by Gasteiger charge is -2.67. The van der Waals surface area contributed by atoms with Crippen LogP contribution in [-0.2, 0) is 38.1 Å². The third-order valence-electron chi connectivity index (χ3n) is 12.6. The predicted molar refractivity (Wildman–Crippen MR) is 204 cm³/mol. The highest BCUT2D eigenvalue weighted by Gasteiger charge is 2.78. The number of nitrogens with one attached hydrogen (secondary N) is 1. The molecule has 1 saturated heterocycles. The number of rotatable bonds is 8. The van der Waals surface area contributed by atoms with E-state index in [1.165, 1.54) is 26.0 Å². The van der Waals surface area contributed by atoms with Gasteiger partial charge in [0, 0.05) is 25.2 Å². The van der Waals surface area contributed by atoms with E-state index in [0.717, 1.165) is 6.92 Å². The Balaban J connectivity index is 1.49. The number of alkyl carbamates (subject to hydrolysis) is 1. The molecule has 11 atom stereocenters. The molecule has 2 aromatic carbocycles. The predicted octanol–water partition coefficient (Wildman–Crippen LogP) is 3.26. The zero-order valence-corrected chi connectivity index (χ0v) is 33.9. The van der Waals surface area contributed by atoms with E-state index in [9.17, 15) is 44.4 Å². The summed E-state index contributed by atoms with van der Waals surface area (Å²) in [7, 11) is 0. The van der Waals surface area contributed by atoms with Gasteiger partial charge in [-0.1, -0.05) is 62.4 Å². The fourth-order valence-corrected chi connectivity index (χ4v) is 9.56. The van der Waals surface area contributed by atoms with Crippen LogP contribution in [0, 0.1) is 16.7 Å². The molecule has 6 rings (SSSR count). The van der Waals surface area contributed by atoms with Crippen molar-refractivity contribution in [1.29, 1.82) is 0 Å². The first-order valence-electron chi connectivity index (χ1n) is 19.3. The van der Waals surface area contributed by atoms with Crippen LogP contribution >= 0.6 is 0 Å². The van der Waals surface area contributed by atoms with Crippen LogP contribution in [0.5, 0.6) is 0 Å². The minimum atomic E-state index is -2.35. The SMILES string of the molecule is CC(=O)OC12CO[C@@H]1C[C@H](O)[C@@]1(C)C(=O)[C@H](O)C3=C(C)[C@@H](OC(=O)[C@H](O)[C@@H](NC(=O)OC(C)(C)C)c4ccccc4)C[C@@](O)([C@@H](OC(=O)c4ccccc4)[C@H]21)C3(C)C. The van der Waals surface area contributed by atoms with E-state index in [4.69, 9.17) is 23.7 Å². The van der Waals surface area contributed by atoms with Gasteiger partial charge in [-0.3, -0.25) is 9.59 Å². The van der Waals surface area contributed by atoms with Gasteiger partial charge in [0.15, 0.2) is 17.5 Å². The highest BCUT2D eigenvalue weighted by molar-refractivity contribution is 5.94. The van der Waals surface area contributed by atoms with E-state index in [2.05, 4.69) is 5.32 Å². The van der Waals surface area contributed by atoms with Gasteiger partial charge in [-0.15, -0.1) is 0 Å². The number of aliphatic hydroxyl groups is 4. The van der Waals surface area contributed by atoms with Gasteiger partial charge in [0.05, 0.1) is 35.6 Å². The zero-order valence-electron chi connectivity index (χ0n) is 33.9. The highest BCUT2D eigenvalue weighted by atomic mass is 16.6. The van der Waals surface area contributed by atoms with E-state index in [-0.39, 0.29) is 29.7 Å². The molecule has 0 spiro atoms. The monoisotopic (exact) mass is 807 g/mol. The number of aliphatic hydroxyl groups excluding tert-OH is 3. The van der Waals surface area contributed by atoms with Crippen LogP contribution in [0.4, 0.5) is 4.79 Å². The van der Waals surface area contributed by atoms with Crippen molar-refractivity contribution in [3.63, 3.8) is 0 Å². The lowest BCUT2D eigenvalue weighted by molar-refractivity contribution is -0.346. The van der Waals surface area contributed by atoms with Crippen LogP contribution in [0.3, 0.4) is 0 Å². The van der Waals surface area contributed by atoms with Gasteiger partial charge < -0.3 is 49.4 Å². The quantitative estimate of drug-likeness (QED) is 0.147. The number of ether oxygens (including phenoxy) is 5. The fraction of sp³-hybridized carbons (Fsp3) is 0.558. The Kier molecular flexibility index (Phi) is 11.2. The van der Waals surface area contributed by atoms with Crippen LogP contribution in [-0.4, -0.2) is 110 Å². The summed E-state index contributed by atoms with van der Waals surface area (Å²) in [6.45, 7) is 11.8. The Labute approximate surface area is 336 Å². The average Bonchev–Trinajstić information content (AvgIpc) is 3.14. The van der Waals surface area contributed by atoms with Gasteiger partial charge in [0.1, 0.15) is 35.6 Å². The summed E-state index contributed by atoms with van der Waals surface area (Å²) in [6.07, 6.45) is -11.5. The van der Waals surface area contributed by atoms with E-state index in [1.807, 2.05) is 0 Å². The molecule has 2 aromatic rings. The molecule has 15 nitrogen and oxygen atoms in total. The molecule has 2 saturated carbocycles. The summed E-state index contributed by atoms with van der Waals surface area (Å²) in [4.78, 5) is 68.9. The lowest BCUT2D eigenvalue weighted by atomic mass is 9.44. The lowest BCUT2D eigenvalue weighted by Crippen LogP contribution is -2.81. The molecule has 1 unspecified atom stereocenters. The molecule has 58 heavy (non-hydrogen) atoms. The number of Topliss-reactive ketones (excluding diaryl/α,β-unsaturated/α-hetero) is 1. The second-order valence-electron chi connectivity index (χ2n) is 17.6. The van der Waals surface area contributed by atoms with E-state index in [0.29, 0.717) is 5.56 Å². The van der Waals surface area contributed by atoms with Crippen molar-refractivity contribution in [2.45, 2.75) is 128 Å². The van der Waals surface area contributed by atoms with Crippen molar-refractivity contribution in [3.8, 4) is 0 Å². The van der Waals surface area contributed by atoms with Crippen molar-refractivity contribution >= 4 is 29.8 Å². The summed E-state index contributed by atoms with van der Waals surface area (Å²) in [5, 5.41) is 51.6. The molecule has 2 bridgehead atoms. The average molecular weight is 808 g/mol. The number of hydrogen-bond acceptors (Lipinski definition) is 14. The van der Waals surface area contributed by atoms with Gasteiger partial charge in [0.25, 0.3) is 0 Å². The van der Waals surface area contributed by atoms with Crippen molar-refractivity contribution in [2.75, 3.05) is 6.61 Å². The van der Waals surface area contributed by atoms with Gasteiger partial charge in [-0.25, -0.2) is 14.4 Å². The number of esters is 3. The first-order valence-corrected chi connectivity index (χ1v) is 19.3. The maximum atomic E-state index is 14.9. The normalized spacial score (nSPS) is 33.7. The molecule has 1 amide bonds. The fourth-order valence-electron chi connectivity index (χ4n) is 9.56. The molecular weight excluding hydrogens is 754 g/mol. The minimum Gasteiger partial charge on any atom is -0.456 e. The number of benzene rings is 2. The van der Waals surface area contributed by atoms with Crippen LogP contribution in [0.2, 0.25) is 0 Å². The zero-order chi connectivity index (χ0) is 42.7. The third-order valence-corrected chi connectivity index (χ3v) is 12.6. The Bertz CT molecular complexity index is 1980. The molecule has 314 valence electrons. The Morgan fingerprint density at radius 1 is 0.948 bits per heavy atom. The topological polar surface area (TPSA) is 224 Å². The van der Waals surface area contributed by atoms with Crippen molar-refractivity contribution in [1.82, 2.24) is 5.32 Å².